The van der Waals surface area contributed by atoms with Crippen LogP contribution in [0.15, 0.2) is 12.1 Å². The van der Waals surface area contributed by atoms with Gasteiger partial charge in [0.1, 0.15) is 0 Å². The van der Waals surface area contributed by atoms with Crippen LogP contribution in [0.3, 0.4) is 0 Å². The van der Waals surface area contributed by atoms with Gasteiger partial charge in [0.15, 0.2) is 0 Å². The summed E-state index contributed by atoms with van der Waals surface area (Å²) in [6.07, 6.45) is -4.31. The Morgan fingerprint density at radius 3 is 2.06 bits per heavy atom. The number of nitrogens with two attached hydrogens (primary N) is 1. The highest BCUT2D eigenvalue weighted by atomic mass is 35.5. The molecule has 0 heterocycles. The number of alkyl halides is 3. The Bertz CT molecular complexity index is 372. The summed E-state index contributed by atoms with van der Waals surface area (Å²) in [6, 6.07) is 2.47. The van der Waals surface area contributed by atoms with Crippen LogP contribution in [0.5, 0.6) is 0 Å². The first-order valence-corrected chi connectivity index (χ1v) is 4.67. The molecule has 0 fully saturated rings. The van der Waals surface area contributed by atoms with Gasteiger partial charge in [-0.05, 0) is 38.0 Å². The average Bonchev–Trinajstić information content (AvgIpc) is 2.06. The topological polar surface area (TPSA) is 26.0 Å². The lowest BCUT2D eigenvalue weighted by Crippen LogP contribution is -2.14. The van der Waals surface area contributed by atoms with Crippen molar-refractivity contribution < 1.29 is 13.2 Å². The highest BCUT2D eigenvalue weighted by molar-refractivity contribution is 5.85. The molecule has 1 unspecified atom stereocenters. The third-order valence-corrected chi connectivity index (χ3v) is 2.39. The van der Waals surface area contributed by atoms with Gasteiger partial charge in [0.05, 0.1) is 5.56 Å². The SMILES string of the molecule is Cc1cc(C(C)N)c(C)c(C(F)(F)F)c1.Cl. The molecule has 1 atom stereocenters. The number of halogens is 4. The van der Waals surface area contributed by atoms with Gasteiger partial charge in [-0.3, -0.25) is 0 Å². The summed E-state index contributed by atoms with van der Waals surface area (Å²) in [5.74, 6) is 0. The zero-order valence-electron chi connectivity index (χ0n) is 9.35. The summed E-state index contributed by atoms with van der Waals surface area (Å²) in [7, 11) is 0. The molecule has 92 valence electrons. The van der Waals surface area contributed by atoms with Crippen LogP contribution in [0.4, 0.5) is 13.2 Å². The minimum absolute atomic E-state index is 0. The second kappa shape index (κ2) is 5.06. The largest absolute Gasteiger partial charge is 0.416 e. The van der Waals surface area contributed by atoms with Crippen LogP contribution < -0.4 is 5.73 Å². The molecule has 0 radical (unpaired) electrons. The van der Waals surface area contributed by atoms with Crippen LogP contribution in [0, 0.1) is 13.8 Å². The molecule has 1 aromatic carbocycles. The number of hydrogen-bond donors (Lipinski definition) is 1. The molecule has 0 spiro atoms. The first-order chi connectivity index (χ1) is 6.73. The van der Waals surface area contributed by atoms with Crippen molar-refractivity contribution in [3.05, 3.63) is 34.4 Å². The van der Waals surface area contributed by atoms with Crippen molar-refractivity contribution >= 4 is 12.4 Å². The van der Waals surface area contributed by atoms with Crippen molar-refractivity contribution in [3.63, 3.8) is 0 Å². The summed E-state index contributed by atoms with van der Waals surface area (Å²) in [4.78, 5) is 0. The number of aryl methyl sites for hydroxylation is 1. The molecule has 1 nitrogen and oxygen atoms in total. The van der Waals surface area contributed by atoms with Crippen LogP contribution >= 0.6 is 12.4 Å². The van der Waals surface area contributed by atoms with E-state index >= 15 is 0 Å². The Labute approximate surface area is 99.2 Å². The van der Waals surface area contributed by atoms with Gasteiger partial charge >= 0.3 is 6.18 Å². The molecule has 5 heteroatoms. The Hall–Kier alpha value is -0.740. The predicted octanol–water partition coefficient (Wildman–Crippen LogP) is 3.76. The van der Waals surface area contributed by atoms with Gasteiger partial charge in [-0.2, -0.15) is 13.2 Å². The molecule has 1 rings (SSSR count). The van der Waals surface area contributed by atoms with Gasteiger partial charge in [-0.15, -0.1) is 12.4 Å². The first-order valence-electron chi connectivity index (χ1n) is 4.67. The highest BCUT2D eigenvalue weighted by Gasteiger charge is 2.33. The first kappa shape index (κ1) is 15.3. The van der Waals surface area contributed by atoms with Gasteiger partial charge in [0, 0.05) is 6.04 Å². The molecule has 2 N–H and O–H groups in total. The van der Waals surface area contributed by atoms with Crippen molar-refractivity contribution in [2.45, 2.75) is 33.0 Å². The summed E-state index contributed by atoms with van der Waals surface area (Å²) in [5.41, 5.74) is 6.41. The smallest absolute Gasteiger partial charge is 0.324 e. The van der Waals surface area contributed by atoms with E-state index < -0.39 is 11.7 Å². The quantitative estimate of drug-likeness (QED) is 0.810. The van der Waals surface area contributed by atoms with E-state index in [-0.39, 0.29) is 24.0 Å². The minimum Gasteiger partial charge on any atom is -0.324 e. The van der Waals surface area contributed by atoms with E-state index in [4.69, 9.17) is 5.73 Å². The zero-order valence-corrected chi connectivity index (χ0v) is 10.2. The van der Waals surface area contributed by atoms with Gasteiger partial charge in [-0.1, -0.05) is 11.6 Å². The van der Waals surface area contributed by atoms with Crippen LogP contribution in [0.2, 0.25) is 0 Å². The molecule has 0 amide bonds. The maximum Gasteiger partial charge on any atom is 0.416 e. The predicted molar refractivity (Wildman–Crippen MR) is 60.8 cm³/mol. The lowest BCUT2D eigenvalue weighted by atomic mass is 9.95. The molecule has 0 saturated heterocycles. The molecule has 0 saturated carbocycles. The second-order valence-corrected chi connectivity index (χ2v) is 3.81. The van der Waals surface area contributed by atoms with Gasteiger partial charge < -0.3 is 5.73 Å². The third kappa shape index (κ3) is 3.12. The Morgan fingerprint density at radius 2 is 1.69 bits per heavy atom. The van der Waals surface area contributed by atoms with E-state index in [9.17, 15) is 13.2 Å². The standard InChI is InChI=1S/C11H14F3N.ClH/c1-6-4-9(8(3)15)7(2)10(5-6)11(12,13)14;/h4-5,8H,15H2,1-3H3;1H. The highest BCUT2D eigenvalue weighted by Crippen LogP contribution is 2.35. The average molecular weight is 254 g/mol. The van der Waals surface area contributed by atoms with E-state index in [1.165, 1.54) is 6.92 Å². The Kier molecular flexibility index (Phi) is 4.83. The van der Waals surface area contributed by atoms with E-state index in [0.29, 0.717) is 11.1 Å². The van der Waals surface area contributed by atoms with E-state index in [2.05, 4.69) is 0 Å². The van der Waals surface area contributed by atoms with Crippen molar-refractivity contribution in [2.75, 3.05) is 0 Å². The number of benzene rings is 1. The second-order valence-electron chi connectivity index (χ2n) is 3.81. The number of rotatable bonds is 1. The molecular weight excluding hydrogens is 239 g/mol. The Morgan fingerprint density at radius 1 is 1.19 bits per heavy atom. The fraction of sp³-hybridized carbons (Fsp3) is 0.455. The fourth-order valence-corrected chi connectivity index (χ4v) is 1.65. The van der Waals surface area contributed by atoms with Crippen molar-refractivity contribution in [3.8, 4) is 0 Å². The van der Waals surface area contributed by atoms with E-state index in [0.717, 1.165) is 6.07 Å². The van der Waals surface area contributed by atoms with Gasteiger partial charge in [0.25, 0.3) is 0 Å². The molecule has 0 aliphatic carbocycles. The van der Waals surface area contributed by atoms with Crippen molar-refractivity contribution in [1.29, 1.82) is 0 Å². The summed E-state index contributed by atoms with van der Waals surface area (Å²) >= 11 is 0. The molecule has 0 bridgehead atoms. The minimum atomic E-state index is -4.31. The normalized spacial score (nSPS) is 13.2. The monoisotopic (exact) mass is 253 g/mol. The Balaban J connectivity index is 0.00000225. The molecule has 1 aromatic rings. The van der Waals surface area contributed by atoms with E-state index in [1.54, 1.807) is 19.9 Å². The number of hydrogen-bond acceptors (Lipinski definition) is 1. The van der Waals surface area contributed by atoms with E-state index in [1.807, 2.05) is 0 Å². The fourth-order valence-electron chi connectivity index (χ4n) is 1.65. The molecule has 16 heavy (non-hydrogen) atoms. The molecular formula is C11H15ClF3N. The summed E-state index contributed by atoms with van der Waals surface area (Å²) in [5, 5.41) is 0. The lowest BCUT2D eigenvalue weighted by molar-refractivity contribution is -0.138. The third-order valence-electron chi connectivity index (χ3n) is 2.39. The van der Waals surface area contributed by atoms with Gasteiger partial charge in [0.2, 0.25) is 0 Å². The maximum atomic E-state index is 12.6. The zero-order chi connectivity index (χ0) is 11.8. The van der Waals surface area contributed by atoms with Crippen LogP contribution in [0.25, 0.3) is 0 Å². The van der Waals surface area contributed by atoms with Gasteiger partial charge in [-0.25, -0.2) is 0 Å². The van der Waals surface area contributed by atoms with Crippen LogP contribution in [-0.2, 0) is 6.18 Å². The molecule has 0 aliphatic heterocycles. The summed E-state index contributed by atoms with van der Waals surface area (Å²) in [6.45, 7) is 4.78. The van der Waals surface area contributed by atoms with Crippen molar-refractivity contribution in [2.24, 2.45) is 5.73 Å². The lowest BCUT2D eigenvalue weighted by Gasteiger charge is -2.17. The molecule has 0 aromatic heterocycles. The summed E-state index contributed by atoms with van der Waals surface area (Å²) < 4.78 is 37.9. The van der Waals surface area contributed by atoms with Crippen LogP contribution in [0.1, 0.15) is 35.2 Å². The van der Waals surface area contributed by atoms with Crippen LogP contribution in [-0.4, -0.2) is 0 Å². The molecule has 0 aliphatic rings. The van der Waals surface area contributed by atoms with Crippen molar-refractivity contribution in [1.82, 2.24) is 0 Å². The maximum absolute atomic E-state index is 12.6.